The largest absolute Gasteiger partial charge is 0.408 e. The summed E-state index contributed by atoms with van der Waals surface area (Å²) in [5.74, 6) is -4.34. The first-order valence-electron chi connectivity index (χ1n) is 11.7. The first-order chi connectivity index (χ1) is 17.8. The van der Waals surface area contributed by atoms with E-state index >= 15 is 0 Å². The predicted molar refractivity (Wildman–Crippen MR) is 128 cm³/mol. The van der Waals surface area contributed by atoms with Crippen molar-refractivity contribution in [3.63, 3.8) is 0 Å². The third kappa shape index (κ3) is 4.72. The molecule has 3 heterocycles. The summed E-state index contributed by atoms with van der Waals surface area (Å²) >= 11 is 6.12. The van der Waals surface area contributed by atoms with E-state index in [1.165, 1.54) is 17.0 Å². The van der Waals surface area contributed by atoms with E-state index in [9.17, 15) is 36.3 Å². The van der Waals surface area contributed by atoms with Crippen molar-refractivity contribution in [3.8, 4) is 5.69 Å². The maximum Gasteiger partial charge on any atom is 0.408 e. The van der Waals surface area contributed by atoms with Gasteiger partial charge in [0.25, 0.3) is 5.91 Å². The summed E-state index contributed by atoms with van der Waals surface area (Å²) in [5.41, 5.74) is -2.37. The molecule has 0 spiro atoms. The van der Waals surface area contributed by atoms with Gasteiger partial charge in [-0.1, -0.05) is 18.5 Å². The van der Waals surface area contributed by atoms with Gasteiger partial charge in [-0.25, -0.2) is 13.8 Å². The highest BCUT2D eigenvalue weighted by atomic mass is 35.5. The minimum absolute atomic E-state index is 0.0327. The quantitative estimate of drug-likeness (QED) is 0.461. The standard InChI is InChI=1S/C25H20ClF5N4O3/c1-11-6-19(36)34(9-11)18-5-4-14-21(37)15(24(38)33-22(12-2-3-12)25(29,30)31)10-35(23(14)32-18)20-16(26)7-13(27)8-17(20)28/h4-5,7-8,10-12,22H,2-3,6,9H2,1H3,(H,33,38)/t11?,22-/m0/s1. The minimum atomic E-state index is -4.74. The van der Waals surface area contributed by atoms with Gasteiger partial charge in [-0.15, -0.1) is 0 Å². The summed E-state index contributed by atoms with van der Waals surface area (Å²) in [6.07, 6.45) is -3.11. The van der Waals surface area contributed by atoms with Crippen LogP contribution in [0.4, 0.5) is 27.8 Å². The van der Waals surface area contributed by atoms with E-state index in [2.05, 4.69) is 4.98 Å². The Morgan fingerprint density at radius 2 is 1.89 bits per heavy atom. The van der Waals surface area contributed by atoms with Gasteiger partial charge < -0.3 is 5.32 Å². The Labute approximate surface area is 217 Å². The smallest absolute Gasteiger partial charge is 0.340 e. The summed E-state index contributed by atoms with van der Waals surface area (Å²) in [5, 5.41) is 1.21. The number of nitrogens with zero attached hydrogens (tertiary/aromatic N) is 3. The van der Waals surface area contributed by atoms with Crippen LogP contribution in [0.5, 0.6) is 0 Å². The first kappa shape index (κ1) is 26.1. The Kier molecular flexibility index (Phi) is 6.41. The predicted octanol–water partition coefficient (Wildman–Crippen LogP) is 4.76. The highest BCUT2D eigenvalue weighted by Crippen LogP contribution is 2.40. The third-order valence-electron chi connectivity index (χ3n) is 6.63. The van der Waals surface area contributed by atoms with Crippen LogP contribution < -0.4 is 15.6 Å². The molecule has 1 aliphatic carbocycles. The van der Waals surface area contributed by atoms with Crippen molar-refractivity contribution in [3.05, 3.63) is 62.9 Å². The Hall–Kier alpha value is -3.54. The van der Waals surface area contributed by atoms with Crippen molar-refractivity contribution >= 4 is 40.3 Å². The highest BCUT2D eigenvalue weighted by molar-refractivity contribution is 6.32. The molecule has 1 N–H and O–H groups in total. The topological polar surface area (TPSA) is 84.3 Å². The molecule has 7 nitrogen and oxygen atoms in total. The van der Waals surface area contributed by atoms with E-state index in [1.807, 2.05) is 12.2 Å². The summed E-state index contributed by atoms with van der Waals surface area (Å²) in [7, 11) is 0. The number of carbonyl (C=O) groups is 2. The molecule has 1 unspecified atom stereocenters. The van der Waals surface area contributed by atoms with Gasteiger partial charge in [0.05, 0.1) is 10.4 Å². The van der Waals surface area contributed by atoms with Crippen LogP contribution in [0.3, 0.4) is 0 Å². The Balaban J connectivity index is 1.70. The summed E-state index contributed by atoms with van der Waals surface area (Å²) < 4.78 is 70.3. The fourth-order valence-electron chi connectivity index (χ4n) is 4.66. The fraction of sp³-hybridized carbons (Fsp3) is 0.360. The van der Waals surface area contributed by atoms with Crippen LogP contribution >= 0.6 is 11.6 Å². The molecule has 1 aromatic carbocycles. The zero-order chi connectivity index (χ0) is 27.5. The first-order valence-corrected chi connectivity index (χ1v) is 12.1. The lowest BCUT2D eigenvalue weighted by molar-refractivity contribution is -0.158. The average Bonchev–Trinajstić information content (AvgIpc) is 3.59. The van der Waals surface area contributed by atoms with Crippen LogP contribution in [0.2, 0.25) is 5.02 Å². The third-order valence-corrected chi connectivity index (χ3v) is 6.92. The van der Waals surface area contributed by atoms with Crippen LogP contribution in [0.15, 0.2) is 35.3 Å². The van der Waals surface area contributed by atoms with Crippen molar-refractivity contribution in [1.29, 1.82) is 0 Å². The summed E-state index contributed by atoms with van der Waals surface area (Å²) in [6, 6.07) is 1.77. The number of pyridine rings is 2. The van der Waals surface area contributed by atoms with E-state index in [0.29, 0.717) is 12.6 Å². The maximum absolute atomic E-state index is 15.0. The lowest BCUT2D eigenvalue weighted by atomic mass is 10.1. The molecule has 0 bridgehead atoms. The molecule has 2 fully saturated rings. The highest BCUT2D eigenvalue weighted by Gasteiger charge is 2.50. The number of hydrogen-bond donors (Lipinski definition) is 1. The molecule has 38 heavy (non-hydrogen) atoms. The van der Waals surface area contributed by atoms with Crippen LogP contribution in [0.25, 0.3) is 16.7 Å². The number of carbonyl (C=O) groups excluding carboxylic acids is 2. The fourth-order valence-corrected chi connectivity index (χ4v) is 4.95. The van der Waals surface area contributed by atoms with Crippen LogP contribution in [0.1, 0.15) is 36.5 Å². The van der Waals surface area contributed by atoms with Crippen molar-refractivity contribution in [2.75, 3.05) is 11.4 Å². The molecule has 3 aromatic rings. The van der Waals surface area contributed by atoms with Gasteiger partial charge in [-0.05, 0) is 42.9 Å². The van der Waals surface area contributed by atoms with Gasteiger partial charge in [-0.2, -0.15) is 13.2 Å². The minimum Gasteiger partial charge on any atom is -0.340 e. The molecule has 2 aliphatic rings. The maximum atomic E-state index is 15.0. The lowest BCUT2D eigenvalue weighted by Crippen LogP contribution is -2.48. The molecule has 0 radical (unpaired) electrons. The molecule has 5 rings (SSSR count). The number of hydrogen-bond acceptors (Lipinski definition) is 4. The van der Waals surface area contributed by atoms with E-state index in [0.717, 1.165) is 16.8 Å². The molecule has 2 aromatic heterocycles. The van der Waals surface area contributed by atoms with E-state index < -0.39 is 57.4 Å². The number of anilines is 1. The van der Waals surface area contributed by atoms with Crippen molar-refractivity contribution in [1.82, 2.24) is 14.9 Å². The second-order valence-electron chi connectivity index (χ2n) is 9.64. The molecule has 200 valence electrons. The van der Waals surface area contributed by atoms with Crippen LogP contribution in [-0.4, -0.2) is 40.1 Å². The summed E-state index contributed by atoms with van der Waals surface area (Å²) in [6.45, 7) is 2.21. The summed E-state index contributed by atoms with van der Waals surface area (Å²) in [4.78, 5) is 44.4. The number of amides is 2. The zero-order valence-electron chi connectivity index (χ0n) is 19.8. The van der Waals surface area contributed by atoms with Gasteiger partial charge in [0, 0.05) is 25.2 Å². The van der Waals surface area contributed by atoms with Crippen molar-refractivity contribution < 1.29 is 31.5 Å². The lowest BCUT2D eigenvalue weighted by Gasteiger charge is -2.22. The number of fused-ring (bicyclic) bond motifs is 1. The number of rotatable bonds is 5. The Bertz CT molecular complexity index is 1510. The Morgan fingerprint density at radius 3 is 2.47 bits per heavy atom. The molecule has 1 saturated heterocycles. The number of aromatic nitrogens is 2. The van der Waals surface area contributed by atoms with Crippen LogP contribution in [0, 0.1) is 23.5 Å². The monoisotopic (exact) mass is 554 g/mol. The normalized spacial score (nSPS) is 18.8. The number of alkyl halides is 3. The van der Waals surface area contributed by atoms with Gasteiger partial charge in [-0.3, -0.25) is 23.9 Å². The van der Waals surface area contributed by atoms with E-state index in [1.54, 1.807) is 0 Å². The van der Waals surface area contributed by atoms with Gasteiger partial charge in [0.15, 0.2) is 11.5 Å². The van der Waals surface area contributed by atoms with Gasteiger partial charge in [0.2, 0.25) is 11.3 Å². The molecule has 1 aliphatic heterocycles. The SMILES string of the molecule is CC1CC(=O)N(c2ccc3c(=O)c(C(=O)N[C@@H](C4CC4)C(F)(F)F)cn(-c4c(F)cc(F)cc4Cl)c3n2)C1. The second kappa shape index (κ2) is 9.33. The zero-order valence-corrected chi connectivity index (χ0v) is 20.5. The van der Waals surface area contributed by atoms with Crippen LogP contribution in [-0.2, 0) is 4.79 Å². The molecule has 13 heteroatoms. The van der Waals surface area contributed by atoms with Gasteiger partial charge >= 0.3 is 6.18 Å². The van der Waals surface area contributed by atoms with Crippen molar-refractivity contribution in [2.45, 2.75) is 38.4 Å². The molecule has 1 saturated carbocycles. The number of nitrogens with one attached hydrogen (secondary N) is 1. The van der Waals surface area contributed by atoms with Gasteiger partial charge in [0.1, 0.15) is 28.9 Å². The van der Waals surface area contributed by atoms with E-state index in [4.69, 9.17) is 11.6 Å². The molecular weight excluding hydrogens is 535 g/mol. The number of benzene rings is 1. The second-order valence-corrected chi connectivity index (χ2v) is 10.1. The average molecular weight is 555 g/mol. The molecule has 2 amide bonds. The number of halogens is 6. The van der Waals surface area contributed by atoms with E-state index in [-0.39, 0.29) is 47.9 Å². The molecular formula is C25H20ClF5N4O3. The Morgan fingerprint density at radius 1 is 1.18 bits per heavy atom. The molecule has 2 atom stereocenters. The van der Waals surface area contributed by atoms with Crippen molar-refractivity contribution in [2.24, 2.45) is 11.8 Å².